The monoisotopic (exact) mass is 239 g/mol. The molecule has 0 aliphatic carbocycles. The number of hydrogen-bond acceptors (Lipinski definition) is 3. The van der Waals surface area contributed by atoms with E-state index in [9.17, 15) is 4.79 Å². The number of carbonyl (C=O) groups excluding carboxylic acids is 1. The summed E-state index contributed by atoms with van der Waals surface area (Å²) < 4.78 is 5.08. The number of benzene rings is 1. The lowest BCUT2D eigenvalue weighted by molar-refractivity contribution is -0.127. The Balaban J connectivity index is 2.62. The molecule has 1 aromatic rings. The number of nitrogens with zero attached hydrogens (tertiary/aromatic N) is 1. The number of rotatable bonds is 4. The number of amides is 1. The van der Waals surface area contributed by atoms with Gasteiger partial charge >= 0.3 is 0 Å². The maximum Gasteiger partial charge on any atom is 0.235 e. The standard InChI is InChI=1S/C12H17NO2S/c1-9(12(14)13(2)3)16-11-7-5-10(15-4)6-8-11/h5-9H,1-4H3/t9-/m1/s1. The zero-order valence-electron chi connectivity index (χ0n) is 10.1. The first-order valence-corrected chi connectivity index (χ1v) is 5.94. The van der Waals surface area contributed by atoms with Gasteiger partial charge in [0.1, 0.15) is 5.75 Å². The van der Waals surface area contributed by atoms with Gasteiger partial charge in [-0.1, -0.05) is 0 Å². The molecule has 0 unspecified atom stereocenters. The van der Waals surface area contributed by atoms with Crippen molar-refractivity contribution in [1.29, 1.82) is 0 Å². The summed E-state index contributed by atoms with van der Waals surface area (Å²) >= 11 is 1.55. The maximum atomic E-state index is 11.7. The molecule has 1 aromatic carbocycles. The fourth-order valence-corrected chi connectivity index (χ4v) is 2.29. The van der Waals surface area contributed by atoms with Crippen LogP contribution in [0.15, 0.2) is 29.2 Å². The van der Waals surface area contributed by atoms with Crippen LogP contribution in [0.5, 0.6) is 5.75 Å². The number of ether oxygens (including phenoxy) is 1. The summed E-state index contributed by atoms with van der Waals surface area (Å²) in [6.45, 7) is 1.91. The third kappa shape index (κ3) is 3.45. The van der Waals surface area contributed by atoms with Crippen molar-refractivity contribution in [3.05, 3.63) is 24.3 Å². The third-order valence-corrected chi connectivity index (χ3v) is 3.26. The fourth-order valence-electron chi connectivity index (χ4n) is 1.27. The zero-order chi connectivity index (χ0) is 12.1. The van der Waals surface area contributed by atoms with Crippen LogP contribution in [0.2, 0.25) is 0 Å². The molecule has 0 bridgehead atoms. The second-order valence-corrected chi connectivity index (χ2v) is 5.08. The molecule has 16 heavy (non-hydrogen) atoms. The molecule has 1 rings (SSSR count). The molecular weight excluding hydrogens is 222 g/mol. The first kappa shape index (κ1) is 12.9. The maximum absolute atomic E-state index is 11.7. The quantitative estimate of drug-likeness (QED) is 0.755. The van der Waals surface area contributed by atoms with E-state index in [1.807, 2.05) is 31.2 Å². The van der Waals surface area contributed by atoms with Crippen LogP contribution in [-0.4, -0.2) is 37.3 Å². The Bertz CT molecular complexity index is 349. The molecule has 0 radical (unpaired) electrons. The van der Waals surface area contributed by atoms with E-state index in [0.717, 1.165) is 10.6 Å². The highest BCUT2D eigenvalue weighted by atomic mass is 32.2. The van der Waals surface area contributed by atoms with Gasteiger partial charge in [-0.15, -0.1) is 11.8 Å². The summed E-state index contributed by atoms with van der Waals surface area (Å²) in [5.74, 6) is 0.955. The highest BCUT2D eigenvalue weighted by molar-refractivity contribution is 8.00. The van der Waals surface area contributed by atoms with Crippen LogP contribution in [0.25, 0.3) is 0 Å². The molecule has 4 heteroatoms. The van der Waals surface area contributed by atoms with E-state index in [1.165, 1.54) is 0 Å². The lowest BCUT2D eigenvalue weighted by Crippen LogP contribution is -2.29. The van der Waals surface area contributed by atoms with Gasteiger partial charge in [0.25, 0.3) is 0 Å². The van der Waals surface area contributed by atoms with Crippen molar-refractivity contribution < 1.29 is 9.53 Å². The Morgan fingerprint density at radius 3 is 2.31 bits per heavy atom. The van der Waals surface area contributed by atoms with Crippen LogP contribution in [0, 0.1) is 0 Å². The zero-order valence-corrected chi connectivity index (χ0v) is 10.9. The number of hydrogen-bond donors (Lipinski definition) is 0. The van der Waals surface area contributed by atoms with Crippen molar-refractivity contribution in [3.63, 3.8) is 0 Å². The van der Waals surface area contributed by atoms with Crippen LogP contribution >= 0.6 is 11.8 Å². The SMILES string of the molecule is COc1ccc(S[C@H](C)C(=O)N(C)C)cc1. The van der Waals surface area contributed by atoms with Gasteiger partial charge < -0.3 is 9.64 Å². The normalized spacial score (nSPS) is 12.0. The van der Waals surface area contributed by atoms with Gasteiger partial charge in [0.2, 0.25) is 5.91 Å². The van der Waals surface area contributed by atoms with Gasteiger partial charge in [-0.3, -0.25) is 4.79 Å². The predicted molar refractivity (Wildman–Crippen MR) is 67.0 cm³/mol. The molecule has 1 amide bonds. The largest absolute Gasteiger partial charge is 0.497 e. The Morgan fingerprint density at radius 1 is 1.31 bits per heavy atom. The van der Waals surface area contributed by atoms with Crippen molar-refractivity contribution in [2.45, 2.75) is 17.1 Å². The number of carbonyl (C=O) groups is 1. The average molecular weight is 239 g/mol. The molecule has 1 atom stereocenters. The lowest BCUT2D eigenvalue weighted by atomic mass is 10.3. The summed E-state index contributed by atoms with van der Waals surface area (Å²) in [5.41, 5.74) is 0. The van der Waals surface area contributed by atoms with E-state index in [-0.39, 0.29) is 11.2 Å². The van der Waals surface area contributed by atoms with Crippen LogP contribution in [0.1, 0.15) is 6.92 Å². The first-order chi connectivity index (χ1) is 7.54. The van der Waals surface area contributed by atoms with Crippen LogP contribution < -0.4 is 4.74 Å². The predicted octanol–water partition coefficient (Wildman–Crippen LogP) is 2.26. The van der Waals surface area contributed by atoms with Crippen molar-refractivity contribution in [3.8, 4) is 5.75 Å². The molecule has 0 heterocycles. The minimum Gasteiger partial charge on any atom is -0.497 e. The molecule has 0 aliphatic heterocycles. The van der Waals surface area contributed by atoms with Crippen molar-refractivity contribution in [2.75, 3.05) is 21.2 Å². The highest BCUT2D eigenvalue weighted by Gasteiger charge is 2.15. The summed E-state index contributed by atoms with van der Waals surface area (Å²) in [6, 6.07) is 7.72. The summed E-state index contributed by atoms with van der Waals surface area (Å²) in [6.07, 6.45) is 0. The van der Waals surface area contributed by atoms with E-state index >= 15 is 0 Å². The molecule has 0 fully saturated rings. The van der Waals surface area contributed by atoms with Crippen LogP contribution in [0.4, 0.5) is 0 Å². The van der Waals surface area contributed by atoms with E-state index in [1.54, 1.807) is 37.9 Å². The van der Waals surface area contributed by atoms with E-state index in [4.69, 9.17) is 4.74 Å². The molecule has 0 N–H and O–H groups in total. The second kappa shape index (κ2) is 5.80. The fraction of sp³-hybridized carbons (Fsp3) is 0.417. The van der Waals surface area contributed by atoms with Gasteiger partial charge in [-0.25, -0.2) is 0 Å². The number of methoxy groups -OCH3 is 1. The van der Waals surface area contributed by atoms with Gasteiger partial charge in [0.05, 0.1) is 12.4 Å². The van der Waals surface area contributed by atoms with E-state index < -0.39 is 0 Å². The minimum absolute atomic E-state index is 0.0663. The molecule has 0 aliphatic rings. The second-order valence-electron chi connectivity index (χ2n) is 3.67. The number of thioether (sulfide) groups is 1. The molecule has 0 spiro atoms. The smallest absolute Gasteiger partial charge is 0.235 e. The lowest BCUT2D eigenvalue weighted by Gasteiger charge is -2.16. The Hall–Kier alpha value is -1.16. The van der Waals surface area contributed by atoms with Crippen LogP contribution in [0.3, 0.4) is 0 Å². The van der Waals surface area contributed by atoms with Crippen LogP contribution in [-0.2, 0) is 4.79 Å². The van der Waals surface area contributed by atoms with Gasteiger partial charge in [-0.2, -0.15) is 0 Å². The molecule has 0 aromatic heterocycles. The van der Waals surface area contributed by atoms with Gasteiger partial charge in [0.15, 0.2) is 0 Å². The van der Waals surface area contributed by atoms with Gasteiger partial charge in [-0.05, 0) is 31.2 Å². The summed E-state index contributed by atoms with van der Waals surface area (Å²) in [5, 5.41) is -0.0663. The molecular formula is C12H17NO2S. The van der Waals surface area contributed by atoms with Gasteiger partial charge in [0, 0.05) is 19.0 Å². The Morgan fingerprint density at radius 2 is 1.88 bits per heavy atom. The molecule has 88 valence electrons. The van der Waals surface area contributed by atoms with E-state index in [2.05, 4.69) is 0 Å². The Labute approximate surface area is 101 Å². The highest BCUT2D eigenvalue weighted by Crippen LogP contribution is 2.25. The summed E-state index contributed by atoms with van der Waals surface area (Å²) in [4.78, 5) is 14.3. The van der Waals surface area contributed by atoms with Crippen molar-refractivity contribution >= 4 is 17.7 Å². The Kier molecular flexibility index (Phi) is 4.68. The van der Waals surface area contributed by atoms with E-state index in [0.29, 0.717) is 0 Å². The summed E-state index contributed by atoms with van der Waals surface area (Å²) in [7, 11) is 5.18. The molecule has 0 saturated heterocycles. The first-order valence-electron chi connectivity index (χ1n) is 5.06. The minimum atomic E-state index is -0.0663. The van der Waals surface area contributed by atoms with Crippen molar-refractivity contribution in [2.24, 2.45) is 0 Å². The average Bonchev–Trinajstić information content (AvgIpc) is 2.28. The van der Waals surface area contributed by atoms with Crippen molar-refractivity contribution in [1.82, 2.24) is 4.90 Å². The molecule has 3 nitrogen and oxygen atoms in total. The molecule has 0 saturated carbocycles. The third-order valence-electron chi connectivity index (χ3n) is 2.16. The topological polar surface area (TPSA) is 29.5 Å².